The third kappa shape index (κ3) is 5.13. The molecule has 1 amide bonds. The van der Waals surface area contributed by atoms with Crippen LogP contribution in [-0.2, 0) is 11.2 Å². The Labute approximate surface area is 172 Å². The standard InChI is InChI=1S/C23H30N2O4/c1-27-20-13-8-17(22(28-2)23(20)29-3)16-21(26)24-18-9-11-19(12-10-18)25-14-6-4-5-7-15-25/h8-13H,4-7,14-16H2,1-3H3,(H,24,26). The number of benzene rings is 2. The van der Waals surface area contributed by atoms with Crippen molar-refractivity contribution < 1.29 is 19.0 Å². The van der Waals surface area contributed by atoms with Gasteiger partial charge in [0.15, 0.2) is 11.5 Å². The van der Waals surface area contributed by atoms with Gasteiger partial charge in [-0.25, -0.2) is 0 Å². The third-order valence-electron chi connectivity index (χ3n) is 5.26. The van der Waals surface area contributed by atoms with E-state index in [0.717, 1.165) is 24.3 Å². The molecular weight excluding hydrogens is 368 g/mol. The van der Waals surface area contributed by atoms with Crippen molar-refractivity contribution >= 4 is 17.3 Å². The van der Waals surface area contributed by atoms with Crippen LogP contribution >= 0.6 is 0 Å². The molecule has 0 bridgehead atoms. The van der Waals surface area contributed by atoms with Crippen LogP contribution in [0.5, 0.6) is 17.2 Å². The predicted octanol–water partition coefficient (Wildman–Crippen LogP) is 4.27. The van der Waals surface area contributed by atoms with Gasteiger partial charge < -0.3 is 24.4 Å². The van der Waals surface area contributed by atoms with Crippen LogP contribution in [-0.4, -0.2) is 40.3 Å². The highest BCUT2D eigenvalue weighted by Crippen LogP contribution is 2.40. The van der Waals surface area contributed by atoms with Gasteiger partial charge in [0.05, 0.1) is 27.8 Å². The Morgan fingerprint density at radius 1 is 0.862 bits per heavy atom. The van der Waals surface area contributed by atoms with Crippen molar-refractivity contribution in [3.05, 3.63) is 42.0 Å². The lowest BCUT2D eigenvalue weighted by atomic mass is 10.1. The average Bonchev–Trinajstić information content (AvgIpc) is 3.03. The molecule has 6 heteroatoms. The SMILES string of the molecule is COc1ccc(CC(=O)Nc2ccc(N3CCCCCC3)cc2)c(OC)c1OC. The molecule has 0 radical (unpaired) electrons. The van der Waals surface area contributed by atoms with Crippen molar-refractivity contribution in [1.29, 1.82) is 0 Å². The van der Waals surface area contributed by atoms with Gasteiger partial charge in [0, 0.05) is 30.0 Å². The van der Waals surface area contributed by atoms with Crippen LogP contribution in [0.2, 0.25) is 0 Å². The van der Waals surface area contributed by atoms with Gasteiger partial charge in [-0.1, -0.05) is 18.9 Å². The first-order valence-corrected chi connectivity index (χ1v) is 10.1. The average molecular weight is 399 g/mol. The van der Waals surface area contributed by atoms with Crippen molar-refractivity contribution in [3.8, 4) is 17.2 Å². The smallest absolute Gasteiger partial charge is 0.228 e. The monoisotopic (exact) mass is 398 g/mol. The fraction of sp³-hybridized carbons (Fsp3) is 0.435. The van der Waals surface area contributed by atoms with E-state index < -0.39 is 0 Å². The normalized spacial score (nSPS) is 14.1. The van der Waals surface area contributed by atoms with E-state index in [2.05, 4.69) is 22.3 Å². The molecule has 1 aliphatic heterocycles. The fourth-order valence-corrected chi connectivity index (χ4v) is 3.77. The second-order valence-corrected chi connectivity index (χ2v) is 7.17. The number of ether oxygens (including phenoxy) is 3. The Morgan fingerprint density at radius 2 is 1.52 bits per heavy atom. The Bertz CT molecular complexity index is 812. The predicted molar refractivity (Wildman–Crippen MR) is 116 cm³/mol. The summed E-state index contributed by atoms with van der Waals surface area (Å²) in [5, 5.41) is 2.97. The van der Waals surface area contributed by atoms with E-state index in [1.165, 1.54) is 31.4 Å². The third-order valence-corrected chi connectivity index (χ3v) is 5.26. The molecule has 1 saturated heterocycles. The number of carbonyl (C=O) groups excluding carboxylic acids is 1. The van der Waals surface area contributed by atoms with Crippen molar-refractivity contribution in [1.82, 2.24) is 0 Å². The van der Waals surface area contributed by atoms with Gasteiger partial charge in [0.2, 0.25) is 11.7 Å². The number of rotatable bonds is 7. The summed E-state index contributed by atoms with van der Waals surface area (Å²) in [7, 11) is 4.68. The maximum atomic E-state index is 12.6. The number of nitrogens with one attached hydrogen (secondary N) is 1. The lowest BCUT2D eigenvalue weighted by molar-refractivity contribution is -0.115. The zero-order chi connectivity index (χ0) is 20.6. The van der Waals surface area contributed by atoms with Crippen LogP contribution in [0, 0.1) is 0 Å². The molecule has 0 saturated carbocycles. The van der Waals surface area contributed by atoms with Crippen LogP contribution in [0.25, 0.3) is 0 Å². The molecular formula is C23H30N2O4. The molecule has 1 N–H and O–H groups in total. The minimum Gasteiger partial charge on any atom is -0.493 e. The Balaban J connectivity index is 1.66. The summed E-state index contributed by atoms with van der Waals surface area (Å²) in [6, 6.07) is 11.7. The van der Waals surface area contributed by atoms with Crippen LogP contribution in [0.1, 0.15) is 31.2 Å². The first-order chi connectivity index (χ1) is 14.2. The molecule has 6 nitrogen and oxygen atoms in total. The first kappa shape index (κ1) is 20.8. The summed E-state index contributed by atoms with van der Waals surface area (Å²) < 4.78 is 16.1. The molecule has 0 spiro atoms. The van der Waals surface area contributed by atoms with Gasteiger partial charge in [-0.05, 0) is 43.2 Å². The summed E-state index contributed by atoms with van der Waals surface area (Å²) >= 11 is 0. The molecule has 0 unspecified atom stereocenters. The highest BCUT2D eigenvalue weighted by Gasteiger charge is 2.18. The summed E-state index contributed by atoms with van der Waals surface area (Å²) in [6.07, 6.45) is 5.28. The molecule has 0 aliphatic carbocycles. The minimum atomic E-state index is -0.113. The number of carbonyl (C=O) groups is 1. The zero-order valence-corrected chi connectivity index (χ0v) is 17.5. The number of nitrogens with zero attached hydrogens (tertiary/aromatic N) is 1. The number of methoxy groups -OCH3 is 3. The molecule has 1 aliphatic rings. The van der Waals surface area contributed by atoms with Gasteiger partial charge in [0.1, 0.15) is 0 Å². The topological polar surface area (TPSA) is 60.0 Å². The molecule has 2 aromatic carbocycles. The molecule has 0 aromatic heterocycles. The molecule has 0 atom stereocenters. The van der Waals surface area contributed by atoms with Crippen LogP contribution in [0.3, 0.4) is 0 Å². The quantitative estimate of drug-likeness (QED) is 0.755. The highest BCUT2D eigenvalue weighted by molar-refractivity contribution is 5.93. The second kappa shape index (κ2) is 10.0. The Morgan fingerprint density at radius 3 is 2.10 bits per heavy atom. The first-order valence-electron chi connectivity index (χ1n) is 10.1. The van der Waals surface area contributed by atoms with Gasteiger partial charge >= 0.3 is 0 Å². The minimum absolute atomic E-state index is 0.113. The molecule has 3 rings (SSSR count). The van der Waals surface area contributed by atoms with E-state index in [9.17, 15) is 4.79 Å². The molecule has 1 fully saturated rings. The summed E-state index contributed by atoms with van der Waals surface area (Å²) in [5.74, 6) is 1.45. The number of amides is 1. The fourth-order valence-electron chi connectivity index (χ4n) is 3.77. The van der Waals surface area contributed by atoms with E-state index in [-0.39, 0.29) is 12.3 Å². The van der Waals surface area contributed by atoms with E-state index in [4.69, 9.17) is 14.2 Å². The molecule has 1 heterocycles. The lowest BCUT2D eigenvalue weighted by Crippen LogP contribution is -2.23. The van der Waals surface area contributed by atoms with Gasteiger partial charge in [-0.15, -0.1) is 0 Å². The van der Waals surface area contributed by atoms with E-state index in [1.807, 2.05) is 18.2 Å². The Kier molecular flexibility index (Phi) is 7.22. The van der Waals surface area contributed by atoms with Crippen LogP contribution in [0.15, 0.2) is 36.4 Å². The van der Waals surface area contributed by atoms with Gasteiger partial charge in [-0.2, -0.15) is 0 Å². The summed E-state index contributed by atoms with van der Waals surface area (Å²) in [4.78, 5) is 15.0. The maximum absolute atomic E-state index is 12.6. The molecule has 29 heavy (non-hydrogen) atoms. The molecule has 156 valence electrons. The summed E-state index contributed by atoms with van der Waals surface area (Å²) in [6.45, 7) is 2.20. The van der Waals surface area contributed by atoms with Crippen molar-refractivity contribution in [2.24, 2.45) is 0 Å². The van der Waals surface area contributed by atoms with E-state index in [1.54, 1.807) is 27.4 Å². The van der Waals surface area contributed by atoms with Crippen molar-refractivity contribution in [3.63, 3.8) is 0 Å². The van der Waals surface area contributed by atoms with Crippen LogP contribution in [0.4, 0.5) is 11.4 Å². The van der Waals surface area contributed by atoms with Gasteiger partial charge in [-0.3, -0.25) is 4.79 Å². The maximum Gasteiger partial charge on any atom is 0.228 e. The van der Waals surface area contributed by atoms with E-state index >= 15 is 0 Å². The van der Waals surface area contributed by atoms with Crippen LogP contribution < -0.4 is 24.4 Å². The highest BCUT2D eigenvalue weighted by atomic mass is 16.5. The molecule has 2 aromatic rings. The lowest BCUT2D eigenvalue weighted by Gasteiger charge is -2.22. The largest absolute Gasteiger partial charge is 0.493 e. The van der Waals surface area contributed by atoms with Gasteiger partial charge in [0.25, 0.3) is 0 Å². The Hall–Kier alpha value is -2.89. The summed E-state index contributed by atoms with van der Waals surface area (Å²) in [5.41, 5.74) is 2.74. The zero-order valence-electron chi connectivity index (χ0n) is 17.5. The van der Waals surface area contributed by atoms with Crippen molar-refractivity contribution in [2.75, 3.05) is 44.6 Å². The second-order valence-electron chi connectivity index (χ2n) is 7.17. The number of hydrogen-bond acceptors (Lipinski definition) is 5. The number of anilines is 2. The number of hydrogen-bond donors (Lipinski definition) is 1. The van der Waals surface area contributed by atoms with E-state index in [0.29, 0.717) is 17.2 Å². The van der Waals surface area contributed by atoms with Crippen molar-refractivity contribution in [2.45, 2.75) is 32.1 Å².